The van der Waals surface area contributed by atoms with Crippen LogP contribution in [0.25, 0.3) is 22.5 Å². The molecular weight excluding hydrogens is 320 g/mol. The Morgan fingerprint density at radius 3 is 1.92 bits per heavy atom. The summed E-state index contributed by atoms with van der Waals surface area (Å²) in [7, 11) is 0. The zero-order valence-electron chi connectivity index (χ0n) is 13.3. The molecule has 1 heterocycles. The van der Waals surface area contributed by atoms with E-state index in [-0.39, 0.29) is 11.5 Å². The fourth-order valence-corrected chi connectivity index (χ4v) is 2.27. The first-order chi connectivity index (χ1) is 12.0. The molecule has 0 spiro atoms. The Morgan fingerprint density at radius 2 is 1.40 bits per heavy atom. The van der Waals surface area contributed by atoms with Gasteiger partial charge >= 0.3 is 11.9 Å². The molecule has 6 heteroatoms. The maximum absolute atomic E-state index is 10.9. The number of benzene rings is 2. The molecule has 25 heavy (non-hydrogen) atoms. The van der Waals surface area contributed by atoms with Gasteiger partial charge in [-0.05, 0) is 29.8 Å². The molecule has 1 N–H and O–H groups in total. The molecule has 0 saturated heterocycles. The van der Waals surface area contributed by atoms with Crippen LogP contribution in [0.2, 0.25) is 0 Å². The molecule has 3 aromatic rings. The summed E-state index contributed by atoms with van der Waals surface area (Å²) in [5, 5.41) is 8.92. The average molecular weight is 334 g/mol. The van der Waals surface area contributed by atoms with Crippen LogP contribution < -0.4 is 4.74 Å². The van der Waals surface area contributed by atoms with Gasteiger partial charge in [0, 0.05) is 30.4 Å². The summed E-state index contributed by atoms with van der Waals surface area (Å²) in [6, 6.07) is 13.4. The first kappa shape index (κ1) is 16.3. The standard InChI is InChI=1S/C19H14N2O4/c1-12(22)25-17-8-6-13(7-9-17)16-10-20-18(21-11-16)14-2-4-15(5-3-14)19(23)24/h2-11H,1H3,(H,23,24). The lowest BCUT2D eigenvalue weighted by Crippen LogP contribution is -2.00. The highest BCUT2D eigenvalue weighted by Crippen LogP contribution is 2.23. The Morgan fingerprint density at radius 1 is 0.840 bits per heavy atom. The first-order valence-electron chi connectivity index (χ1n) is 7.47. The maximum atomic E-state index is 10.9. The van der Waals surface area contributed by atoms with E-state index in [1.807, 2.05) is 12.1 Å². The fourth-order valence-electron chi connectivity index (χ4n) is 2.27. The van der Waals surface area contributed by atoms with Gasteiger partial charge in [-0.2, -0.15) is 0 Å². The second kappa shape index (κ2) is 6.92. The number of esters is 1. The number of aromatic carboxylic acids is 1. The third kappa shape index (κ3) is 3.87. The highest BCUT2D eigenvalue weighted by Gasteiger charge is 2.06. The monoisotopic (exact) mass is 334 g/mol. The molecular formula is C19H14N2O4. The van der Waals surface area contributed by atoms with E-state index in [1.165, 1.54) is 19.1 Å². The molecule has 3 rings (SSSR count). The summed E-state index contributed by atoms with van der Waals surface area (Å²) in [4.78, 5) is 30.5. The number of carbonyl (C=O) groups excluding carboxylic acids is 1. The zero-order valence-corrected chi connectivity index (χ0v) is 13.3. The van der Waals surface area contributed by atoms with Gasteiger partial charge in [-0.25, -0.2) is 14.8 Å². The molecule has 0 saturated carbocycles. The van der Waals surface area contributed by atoms with Gasteiger partial charge in [0.2, 0.25) is 0 Å². The largest absolute Gasteiger partial charge is 0.478 e. The number of carboxylic acid groups (broad SMARTS) is 1. The van der Waals surface area contributed by atoms with Crippen LogP contribution in [0.4, 0.5) is 0 Å². The Kier molecular flexibility index (Phi) is 4.52. The molecule has 0 amide bonds. The molecule has 0 radical (unpaired) electrons. The molecule has 0 aliphatic rings. The summed E-state index contributed by atoms with van der Waals surface area (Å²) < 4.78 is 5.00. The van der Waals surface area contributed by atoms with Crippen LogP contribution in [0.15, 0.2) is 60.9 Å². The molecule has 0 aliphatic carbocycles. The SMILES string of the molecule is CC(=O)Oc1ccc(-c2cnc(-c3ccc(C(=O)O)cc3)nc2)cc1. The molecule has 6 nitrogen and oxygen atoms in total. The van der Waals surface area contributed by atoms with Gasteiger partial charge in [-0.1, -0.05) is 24.3 Å². The lowest BCUT2D eigenvalue weighted by molar-refractivity contribution is -0.131. The van der Waals surface area contributed by atoms with E-state index in [4.69, 9.17) is 9.84 Å². The second-order valence-electron chi connectivity index (χ2n) is 5.30. The summed E-state index contributed by atoms with van der Waals surface area (Å²) >= 11 is 0. The number of carbonyl (C=O) groups is 2. The van der Waals surface area contributed by atoms with Crippen molar-refractivity contribution in [2.45, 2.75) is 6.92 Å². The van der Waals surface area contributed by atoms with Crippen molar-refractivity contribution in [1.82, 2.24) is 9.97 Å². The molecule has 124 valence electrons. The van der Waals surface area contributed by atoms with Crippen molar-refractivity contribution in [1.29, 1.82) is 0 Å². The third-order valence-corrected chi connectivity index (χ3v) is 3.49. The predicted molar refractivity (Wildman–Crippen MR) is 91.2 cm³/mol. The Balaban J connectivity index is 1.79. The van der Waals surface area contributed by atoms with Gasteiger partial charge < -0.3 is 9.84 Å². The number of aromatic nitrogens is 2. The van der Waals surface area contributed by atoms with Crippen LogP contribution in [0, 0.1) is 0 Å². The minimum absolute atomic E-state index is 0.216. The minimum Gasteiger partial charge on any atom is -0.478 e. The predicted octanol–water partition coefficient (Wildman–Crippen LogP) is 3.43. The molecule has 0 unspecified atom stereocenters. The lowest BCUT2D eigenvalue weighted by atomic mass is 10.1. The van der Waals surface area contributed by atoms with Gasteiger partial charge in [0.25, 0.3) is 0 Å². The lowest BCUT2D eigenvalue weighted by Gasteiger charge is -2.05. The van der Waals surface area contributed by atoms with E-state index >= 15 is 0 Å². The van der Waals surface area contributed by atoms with Gasteiger partial charge in [-0.3, -0.25) is 4.79 Å². The Labute approximate surface area is 143 Å². The van der Waals surface area contributed by atoms with E-state index in [2.05, 4.69) is 9.97 Å². The van der Waals surface area contributed by atoms with Crippen molar-refractivity contribution in [2.24, 2.45) is 0 Å². The van der Waals surface area contributed by atoms with E-state index in [0.29, 0.717) is 11.6 Å². The number of carboxylic acids is 1. The Bertz CT molecular complexity index is 902. The van der Waals surface area contributed by atoms with E-state index < -0.39 is 5.97 Å². The summed E-state index contributed by atoms with van der Waals surface area (Å²) in [6.07, 6.45) is 3.38. The van der Waals surface area contributed by atoms with Crippen molar-refractivity contribution in [3.63, 3.8) is 0 Å². The van der Waals surface area contributed by atoms with Crippen LogP contribution in [0.1, 0.15) is 17.3 Å². The Hall–Kier alpha value is -3.54. The molecule has 0 atom stereocenters. The second-order valence-corrected chi connectivity index (χ2v) is 5.30. The molecule has 0 fully saturated rings. The van der Waals surface area contributed by atoms with Gasteiger partial charge in [0.15, 0.2) is 5.82 Å². The van der Waals surface area contributed by atoms with Crippen LogP contribution in [0.5, 0.6) is 5.75 Å². The zero-order chi connectivity index (χ0) is 17.8. The highest BCUT2D eigenvalue weighted by atomic mass is 16.5. The molecule has 0 aliphatic heterocycles. The van der Waals surface area contributed by atoms with E-state index in [0.717, 1.165) is 16.7 Å². The fraction of sp³-hybridized carbons (Fsp3) is 0.0526. The number of nitrogens with zero attached hydrogens (tertiary/aromatic N) is 2. The molecule has 1 aromatic heterocycles. The van der Waals surface area contributed by atoms with E-state index in [9.17, 15) is 9.59 Å². The van der Waals surface area contributed by atoms with E-state index in [1.54, 1.807) is 36.7 Å². The van der Waals surface area contributed by atoms with Crippen molar-refractivity contribution < 1.29 is 19.4 Å². The van der Waals surface area contributed by atoms with Crippen LogP contribution in [0.3, 0.4) is 0 Å². The van der Waals surface area contributed by atoms with Crippen molar-refractivity contribution in [3.8, 4) is 28.3 Å². The minimum atomic E-state index is -0.972. The number of hydrogen-bond donors (Lipinski definition) is 1. The van der Waals surface area contributed by atoms with Crippen molar-refractivity contribution in [2.75, 3.05) is 0 Å². The number of ether oxygens (including phenoxy) is 1. The molecule has 0 bridgehead atoms. The summed E-state index contributed by atoms with van der Waals surface area (Å²) in [5.41, 5.74) is 2.67. The van der Waals surface area contributed by atoms with Crippen LogP contribution in [-0.2, 0) is 4.79 Å². The normalized spacial score (nSPS) is 10.3. The average Bonchev–Trinajstić information content (AvgIpc) is 2.62. The number of rotatable bonds is 4. The van der Waals surface area contributed by atoms with Crippen LogP contribution >= 0.6 is 0 Å². The topological polar surface area (TPSA) is 89.4 Å². The van der Waals surface area contributed by atoms with Gasteiger partial charge in [0.05, 0.1) is 5.56 Å². The first-order valence-corrected chi connectivity index (χ1v) is 7.47. The number of hydrogen-bond acceptors (Lipinski definition) is 5. The van der Waals surface area contributed by atoms with Crippen molar-refractivity contribution >= 4 is 11.9 Å². The molecule has 2 aromatic carbocycles. The maximum Gasteiger partial charge on any atom is 0.335 e. The summed E-state index contributed by atoms with van der Waals surface area (Å²) in [6.45, 7) is 1.35. The third-order valence-electron chi connectivity index (χ3n) is 3.49. The smallest absolute Gasteiger partial charge is 0.335 e. The van der Waals surface area contributed by atoms with Gasteiger partial charge in [-0.15, -0.1) is 0 Å². The highest BCUT2D eigenvalue weighted by molar-refractivity contribution is 5.88. The van der Waals surface area contributed by atoms with Crippen molar-refractivity contribution in [3.05, 3.63) is 66.5 Å². The van der Waals surface area contributed by atoms with Crippen LogP contribution in [-0.4, -0.2) is 27.0 Å². The van der Waals surface area contributed by atoms with Gasteiger partial charge in [0.1, 0.15) is 5.75 Å². The quantitative estimate of drug-likeness (QED) is 0.581. The summed E-state index contributed by atoms with van der Waals surface area (Å²) in [5.74, 6) is -0.348.